The van der Waals surface area contributed by atoms with Crippen molar-refractivity contribution in [3.05, 3.63) is 72.3 Å². The van der Waals surface area contributed by atoms with Crippen LogP contribution in [-0.2, 0) is 14.9 Å². The van der Waals surface area contributed by atoms with Crippen LogP contribution in [0.3, 0.4) is 0 Å². The maximum Gasteiger partial charge on any atom is 0.573 e. The molecule has 3 rings (SSSR count). The van der Waals surface area contributed by atoms with Crippen LogP contribution in [0.4, 0.5) is 13.2 Å². The highest BCUT2D eigenvalue weighted by molar-refractivity contribution is 5.75. The van der Waals surface area contributed by atoms with Crippen molar-refractivity contribution in [3.8, 4) is 34.1 Å². The summed E-state index contributed by atoms with van der Waals surface area (Å²) in [5, 5.41) is 0. The van der Waals surface area contributed by atoms with Gasteiger partial charge in [-0.25, -0.2) is 4.79 Å². The van der Waals surface area contributed by atoms with Gasteiger partial charge in [0.05, 0.1) is 6.61 Å². The summed E-state index contributed by atoms with van der Waals surface area (Å²) >= 11 is 0. The molecule has 3 aromatic carbocycles. The number of halogens is 3. The minimum absolute atomic E-state index is 0.0141. The number of ether oxygens (including phenoxy) is 4. The average molecular weight is 573 g/mol. The van der Waals surface area contributed by atoms with E-state index in [1.54, 1.807) is 25.1 Å². The molecule has 0 radical (unpaired) electrons. The van der Waals surface area contributed by atoms with Crippen LogP contribution in [-0.4, -0.2) is 25.0 Å². The second-order valence-corrected chi connectivity index (χ2v) is 10.8. The lowest BCUT2D eigenvalue weighted by molar-refractivity contribution is -0.274. The van der Waals surface area contributed by atoms with Crippen LogP contribution in [0.2, 0.25) is 0 Å². The number of hydrogen-bond donors (Lipinski definition) is 0. The third-order valence-corrected chi connectivity index (χ3v) is 6.45. The Bertz CT molecular complexity index is 1250. The predicted octanol–water partition coefficient (Wildman–Crippen LogP) is 9.62. The zero-order valence-corrected chi connectivity index (χ0v) is 24.3. The molecule has 41 heavy (non-hydrogen) atoms. The van der Waals surface area contributed by atoms with Crippen LogP contribution >= 0.6 is 0 Å². The summed E-state index contributed by atoms with van der Waals surface area (Å²) in [5.41, 5.74) is 2.45. The summed E-state index contributed by atoms with van der Waals surface area (Å²) in [6.07, 6.45) is -1.26. The summed E-state index contributed by atoms with van der Waals surface area (Å²) in [5.74, 6) is 0.554. The van der Waals surface area contributed by atoms with Crippen LogP contribution in [0.1, 0.15) is 72.3 Å². The SMILES string of the molecule is CCCCCCC(Oc1cc(-c2ccc(OC(F)(F)F)cc2)ccc1Oc1ccc(C(C)(C)C)cc1)C(=O)OCC. The minimum Gasteiger partial charge on any atom is -0.475 e. The van der Waals surface area contributed by atoms with Gasteiger partial charge in [0.2, 0.25) is 0 Å². The molecule has 0 fully saturated rings. The van der Waals surface area contributed by atoms with Crippen molar-refractivity contribution in [2.24, 2.45) is 0 Å². The third kappa shape index (κ3) is 10.0. The maximum atomic E-state index is 12.8. The molecule has 222 valence electrons. The van der Waals surface area contributed by atoms with E-state index in [1.807, 2.05) is 24.3 Å². The molecule has 0 heterocycles. The van der Waals surface area contributed by atoms with Gasteiger partial charge in [0, 0.05) is 0 Å². The first kappa shape index (κ1) is 31.8. The van der Waals surface area contributed by atoms with Crippen LogP contribution < -0.4 is 14.2 Å². The van der Waals surface area contributed by atoms with Crippen LogP contribution in [0.25, 0.3) is 11.1 Å². The third-order valence-electron chi connectivity index (χ3n) is 6.45. The topological polar surface area (TPSA) is 54.0 Å². The van der Waals surface area contributed by atoms with E-state index in [0.29, 0.717) is 34.8 Å². The first-order chi connectivity index (χ1) is 19.4. The summed E-state index contributed by atoms with van der Waals surface area (Å²) in [6, 6.07) is 18.5. The molecule has 0 N–H and O–H groups in total. The standard InChI is InChI=1S/C33H39F3O5/c1-6-8-9-10-11-29(31(37)38-7-2)40-30-22-24(23-12-17-27(18-13-23)41-33(34,35)36)14-21-28(30)39-26-19-15-25(16-20-26)32(3,4)5/h12-22,29H,6-11H2,1-5H3. The molecule has 0 aliphatic rings. The van der Waals surface area contributed by atoms with Crippen molar-refractivity contribution < 1.29 is 36.9 Å². The Labute approximate surface area is 240 Å². The monoisotopic (exact) mass is 572 g/mol. The lowest BCUT2D eigenvalue weighted by Crippen LogP contribution is -2.29. The summed E-state index contributed by atoms with van der Waals surface area (Å²) in [6.45, 7) is 10.5. The normalized spacial score (nSPS) is 12.5. The molecule has 0 amide bonds. The first-order valence-electron chi connectivity index (χ1n) is 14.0. The van der Waals surface area contributed by atoms with Crippen molar-refractivity contribution in [1.82, 2.24) is 0 Å². The number of carbonyl (C=O) groups is 1. The molecule has 1 atom stereocenters. The highest BCUT2D eigenvalue weighted by Crippen LogP contribution is 2.38. The van der Waals surface area contributed by atoms with Crippen LogP contribution in [0.5, 0.6) is 23.0 Å². The van der Waals surface area contributed by atoms with Gasteiger partial charge in [0.15, 0.2) is 17.6 Å². The molecule has 0 aromatic heterocycles. The number of benzene rings is 3. The number of rotatable bonds is 13. The van der Waals surface area contributed by atoms with Gasteiger partial charge in [-0.15, -0.1) is 13.2 Å². The van der Waals surface area contributed by atoms with Crippen molar-refractivity contribution in [2.45, 2.75) is 84.6 Å². The fourth-order valence-corrected chi connectivity index (χ4v) is 4.23. The predicted molar refractivity (Wildman–Crippen MR) is 154 cm³/mol. The van der Waals surface area contributed by atoms with Gasteiger partial charge in [0.1, 0.15) is 11.5 Å². The number of hydrogen-bond acceptors (Lipinski definition) is 5. The van der Waals surface area contributed by atoms with Gasteiger partial charge in [-0.1, -0.05) is 77.3 Å². The number of unbranched alkanes of at least 4 members (excludes halogenated alkanes) is 3. The van der Waals surface area contributed by atoms with E-state index >= 15 is 0 Å². The lowest BCUT2D eigenvalue weighted by atomic mass is 9.87. The van der Waals surface area contributed by atoms with Crippen LogP contribution in [0, 0.1) is 0 Å². The fraction of sp³-hybridized carbons (Fsp3) is 0.424. The average Bonchev–Trinajstić information content (AvgIpc) is 2.91. The molecule has 0 bridgehead atoms. The Kier molecular flexibility index (Phi) is 11.1. The minimum atomic E-state index is -4.77. The summed E-state index contributed by atoms with van der Waals surface area (Å²) < 4.78 is 59.6. The van der Waals surface area contributed by atoms with E-state index < -0.39 is 18.4 Å². The largest absolute Gasteiger partial charge is 0.573 e. The molecule has 0 spiro atoms. The van der Waals surface area contributed by atoms with Crippen LogP contribution in [0.15, 0.2) is 66.7 Å². The smallest absolute Gasteiger partial charge is 0.475 e. The molecule has 8 heteroatoms. The van der Waals surface area contributed by atoms with Crippen molar-refractivity contribution in [1.29, 1.82) is 0 Å². The van der Waals surface area contributed by atoms with Crippen molar-refractivity contribution in [3.63, 3.8) is 0 Å². The zero-order valence-electron chi connectivity index (χ0n) is 24.3. The number of esters is 1. The van der Waals surface area contributed by atoms with E-state index in [0.717, 1.165) is 31.2 Å². The Hall–Kier alpha value is -3.68. The molecule has 0 saturated heterocycles. The van der Waals surface area contributed by atoms with Gasteiger partial charge >= 0.3 is 12.3 Å². The first-order valence-corrected chi connectivity index (χ1v) is 14.0. The van der Waals surface area contributed by atoms with Gasteiger partial charge < -0.3 is 18.9 Å². The van der Waals surface area contributed by atoms with E-state index in [2.05, 4.69) is 32.4 Å². The van der Waals surface area contributed by atoms with Gasteiger partial charge in [0.25, 0.3) is 0 Å². The molecule has 0 saturated carbocycles. The zero-order chi connectivity index (χ0) is 30.0. The fourth-order valence-electron chi connectivity index (χ4n) is 4.23. The molecule has 0 aliphatic carbocycles. The second-order valence-electron chi connectivity index (χ2n) is 10.8. The van der Waals surface area contributed by atoms with E-state index in [4.69, 9.17) is 14.2 Å². The van der Waals surface area contributed by atoms with Gasteiger partial charge in [-0.05, 0) is 78.3 Å². The molecule has 5 nitrogen and oxygen atoms in total. The quantitative estimate of drug-likeness (QED) is 0.151. The Morgan fingerprint density at radius 3 is 2.00 bits per heavy atom. The van der Waals surface area contributed by atoms with Crippen molar-refractivity contribution in [2.75, 3.05) is 6.61 Å². The summed E-state index contributed by atoms with van der Waals surface area (Å²) in [4.78, 5) is 12.8. The Morgan fingerprint density at radius 1 is 0.780 bits per heavy atom. The van der Waals surface area contributed by atoms with Gasteiger partial charge in [-0.3, -0.25) is 0 Å². The molecule has 3 aromatic rings. The lowest BCUT2D eigenvalue weighted by Gasteiger charge is -2.21. The molecule has 0 aliphatic heterocycles. The van der Waals surface area contributed by atoms with E-state index in [1.165, 1.54) is 24.3 Å². The molecule has 1 unspecified atom stereocenters. The van der Waals surface area contributed by atoms with Crippen molar-refractivity contribution >= 4 is 5.97 Å². The Morgan fingerprint density at radius 2 is 1.41 bits per heavy atom. The summed E-state index contributed by atoms with van der Waals surface area (Å²) in [7, 11) is 0. The van der Waals surface area contributed by atoms with E-state index in [9.17, 15) is 18.0 Å². The number of carbonyl (C=O) groups excluding carboxylic acids is 1. The highest BCUT2D eigenvalue weighted by atomic mass is 19.4. The number of alkyl halides is 3. The molecular formula is C33H39F3O5. The second kappa shape index (κ2) is 14.3. The highest BCUT2D eigenvalue weighted by Gasteiger charge is 2.31. The Balaban J connectivity index is 1.95. The van der Waals surface area contributed by atoms with E-state index in [-0.39, 0.29) is 17.8 Å². The maximum absolute atomic E-state index is 12.8. The van der Waals surface area contributed by atoms with Gasteiger partial charge in [-0.2, -0.15) is 0 Å². The molecular weight excluding hydrogens is 533 g/mol.